The molecule has 1 aliphatic rings. The molecular formula is C25H15ClOS2. The molecule has 1 aliphatic heterocycles. The van der Waals surface area contributed by atoms with Gasteiger partial charge in [-0.25, -0.2) is 0 Å². The molecular weight excluding hydrogens is 416 g/mol. The highest BCUT2D eigenvalue weighted by Gasteiger charge is 2.41. The maximum absolute atomic E-state index is 6.92. The number of ether oxygens (including phenoxy) is 1. The summed E-state index contributed by atoms with van der Waals surface area (Å²) in [6.07, 6.45) is 4.37. The number of fused-ring (bicyclic) bond motifs is 4. The van der Waals surface area contributed by atoms with E-state index in [0.29, 0.717) is 0 Å². The van der Waals surface area contributed by atoms with Gasteiger partial charge in [0, 0.05) is 15.6 Å². The van der Waals surface area contributed by atoms with Crippen LogP contribution in [0.2, 0.25) is 5.02 Å². The molecule has 2 aromatic heterocycles. The SMILES string of the molecule is Clc1c(C2(c3cccs3)C=Cc3c(ccc4ccccc34)O2)sc2ccccc12. The molecule has 0 radical (unpaired) electrons. The Morgan fingerprint density at radius 1 is 0.828 bits per heavy atom. The van der Waals surface area contributed by atoms with Crippen molar-refractivity contribution in [1.82, 2.24) is 0 Å². The molecule has 1 atom stereocenters. The lowest BCUT2D eigenvalue weighted by atomic mass is 9.92. The summed E-state index contributed by atoms with van der Waals surface area (Å²) in [6, 6.07) is 25.1. The van der Waals surface area contributed by atoms with Crippen LogP contribution in [-0.4, -0.2) is 0 Å². The normalized spacial score (nSPS) is 18.1. The lowest BCUT2D eigenvalue weighted by molar-refractivity contribution is 0.169. The van der Waals surface area contributed by atoms with E-state index in [1.54, 1.807) is 22.7 Å². The number of hydrogen-bond donors (Lipinski definition) is 0. The van der Waals surface area contributed by atoms with Gasteiger partial charge in [-0.2, -0.15) is 0 Å². The van der Waals surface area contributed by atoms with Gasteiger partial charge in [0.15, 0.2) is 5.60 Å². The highest BCUT2D eigenvalue weighted by Crippen LogP contribution is 2.51. The number of hydrogen-bond acceptors (Lipinski definition) is 3. The molecule has 0 N–H and O–H groups in total. The van der Waals surface area contributed by atoms with Crippen molar-refractivity contribution in [3.8, 4) is 5.75 Å². The third-order valence-electron chi connectivity index (χ3n) is 5.45. The van der Waals surface area contributed by atoms with Crippen molar-refractivity contribution in [1.29, 1.82) is 0 Å². The first-order valence-electron chi connectivity index (χ1n) is 9.38. The van der Waals surface area contributed by atoms with Crippen molar-refractivity contribution >= 4 is 61.2 Å². The van der Waals surface area contributed by atoms with E-state index in [9.17, 15) is 0 Å². The van der Waals surface area contributed by atoms with Gasteiger partial charge in [-0.15, -0.1) is 22.7 Å². The zero-order chi connectivity index (χ0) is 19.4. The predicted octanol–water partition coefficient (Wildman–Crippen LogP) is 8.12. The first-order valence-corrected chi connectivity index (χ1v) is 11.5. The minimum absolute atomic E-state index is 0.718. The average molecular weight is 431 g/mol. The largest absolute Gasteiger partial charge is 0.471 e. The zero-order valence-corrected chi connectivity index (χ0v) is 17.7. The molecule has 0 fully saturated rings. The summed E-state index contributed by atoms with van der Waals surface area (Å²) in [7, 11) is 0. The van der Waals surface area contributed by atoms with Crippen LogP contribution < -0.4 is 4.74 Å². The van der Waals surface area contributed by atoms with Crippen molar-refractivity contribution in [2.75, 3.05) is 0 Å². The van der Waals surface area contributed by atoms with Gasteiger partial charge in [0.05, 0.1) is 14.8 Å². The van der Waals surface area contributed by atoms with Crippen LogP contribution in [0.1, 0.15) is 15.3 Å². The topological polar surface area (TPSA) is 9.23 Å². The monoisotopic (exact) mass is 430 g/mol. The van der Waals surface area contributed by atoms with Crippen molar-refractivity contribution in [2.24, 2.45) is 0 Å². The second-order valence-corrected chi connectivity index (χ2v) is 9.47. The van der Waals surface area contributed by atoms with E-state index in [-0.39, 0.29) is 0 Å². The molecule has 0 saturated carbocycles. The molecule has 5 aromatic rings. The molecule has 0 aliphatic carbocycles. The number of benzene rings is 3. The Kier molecular flexibility index (Phi) is 3.85. The highest BCUT2D eigenvalue weighted by molar-refractivity contribution is 7.20. The lowest BCUT2D eigenvalue weighted by Crippen LogP contribution is -2.32. The fourth-order valence-electron chi connectivity index (χ4n) is 4.05. The van der Waals surface area contributed by atoms with Gasteiger partial charge < -0.3 is 4.74 Å². The maximum atomic E-state index is 6.92. The first-order chi connectivity index (χ1) is 14.3. The number of rotatable bonds is 2. The van der Waals surface area contributed by atoms with Gasteiger partial charge >= 0.3 is 0 Å². The Balaban J connectivity index is 1.63. The van der Waals surface area contributed by atoms with E-state index < -0.39 is 5.60 Å². The molecule has 1 nitrogen and oxygen atoms in total. The molecule has 1 unspecified atom stereocenters. The van der Waals surface area contributed by atoms with Gasteiger partial charge in [-0.3, -0.25) is 0 Å². The number of thiophene rings is 2. The third kappa shape index (κ3) is 2.52. The quantitative estimate of drug-likeness (QED) is 0.274. The van der Waals surface area contributed by atoms with Gasteiger partial charge in [0.1, 0.15) is 5.75 Å². The summed E-state index contributed by atoms with van der Waals surface area (Å²) in [6.45, 7) is 0. The smallest absolute Gasteiger partial charge is 0.197 e. The fourth-order valence-corrected chi connectivity index (χ4v) is 6.66. The Hall–Kier alpha value is -2.59. The van der Waals surface area contributed by atoms with Crippen LogP contribution in [-0.2, 0) is 5.60 Å². The van der Waals surface area contributed by atoms with Gasteiger partial charge in [0.25, 0.3) is 0 Å². The standard InChI is InChI=1S/C25H15ClOS2/c26-23-19-8-3-4-9-21(19)29-24(23)25(22-10-5-15-28-22)14-13-18-17-7-2-1-6-16(17)11-12-20(18)27-25/h1-15H. The van der Waals surface area contributed by atoms with E-state index in [4.69, 9.17) is 16.3 Å². The van der Waals surface area contributed by atoms with E-state index in [1.807, 2.05) is 6.07 Å². The second-order valence-electron chi connectivity index (χ2n) is 7.09. The van der Waals surface area contributed by atoms with Gasteiger partial charge in [0.2, 0.25) is 0 Å². The predicted molar refractivity (Wildman–Crippen MR) is 126 cm³/mol. The van der Waals surface area contributed by atoms with E-state index in [1.165, 1.54) is 15.5 Å². The summed E-state index contributed by atoms with van der Waals surface area (Å²) in [4.78, 5) is 2.15. The summed E-state index contributed by atoms with van der Waals surface area (Å²) in [5, 5.41) is 6.34. The van der Waals surface area contributed by atoms with Gasteiger partial charge in [-0.05, 0) is 46.5 Å². The summed E-state index contributed by atoms with van der Waals surface area (Å²) in [5.74, 6) is 0.883. The molecule has 0 amide bonds. The Morgan fingerprint density at radius 2 is 1.66 bits per heavy atom. The van der Waals surface area contributed by atoms with Crippen molar-refractivity contribution < 1.29 is 4.74 Å². The fraction of sp³-hybridized carbons (Fsp3) is 0.0400. The molecule has 4 heteroatoms. The van der Waals surface area contributed by atoms with Crippen molar-refractivity contribution in [3.63, 3.8) is 0 Å². The molecule has 6 rings (SSSR count). The number of halogens is 1. The summed E-state index contributed by atoms with van der Waals surface area (Å²) >= 11 is 10.3. The summed E-state index contributed by atoms with van der Waals surface area (Å²) < 4.78 is 7.99. The van der Waals surface area contributed by atoms with Crippen LogP contribution in [0, 0.1) is 0 Å². The van der Waals surface area contributed by atoms with Crippen molar-refractivity contribution in [3.05, 3.63) is 105 Å². The minimum atomic E-state index is -0.718. The molecule has 3 aromatic carbocycles. The van der Waals surface area contributed by atoms with E-state index >= 15 is 0 Å². The molecule has 0 bridgehead atoms. The molecule has 0 saturated heterocycles. The molecule has 140 valence electrons. The average Bonchev–Trinajstić information content (AvgIpc) is 3.43. The third-order valence-corrected chi connectivity index (χ3v) is 8.22. The summed E-state index contributed by atoms with van der Waals surface area (Å²) in [5.41, 5.74) is 0.400. The van der Waals surface area contributed by atoms with Crippen LogP contribution in [0.5, 0.6) is 5.75 Å². The van der Waals surface area contributed by atoms with Crippen LogP contribution in [0.4, 0.5) is 0 Å². The zero-order valence-electron chi connectivity index (χ0n) is 15.3. The minimum Gasteiger partial charge on any atom is -0.471 e. The highest BCUT2D eigenvalue weighted by atomic mass is 35.5. The van der Waals surface area contributed by atoms with E-state index in [0.717, 1.165) is 31.5 Å². The Labute approximate surface area is 181 Å². The first kappa shape index (κ1) is 17.3. The lowest BCUT2D eigenvalue weighted by Gasteiger charge is -2.34. The van der Waals surface area contributed by atoms with Gasteiger partial charge in [-0.1, -0.05) is 66.2 Å². The Morgan fingerprint density at radius 3 is 2.48 bits per heavy atom. The van der Waals surface area contributed by atoms with Crippen LogP contribution >= 0.6 is 34.3 Å². The Bertz CT molecular complexity index is 1400. The molecule has 29 heavy (non-hydrogen) atoms. The maximum Gasteiger partial charge on any atom is 0.197 e. The van der Waals surface area contributed by atoms with Crippen LogP contribution in [0.25, 0.3) is 26.9 Å². The molecule has 0 spiro atoms. The molecule has 3 heterocycles. The van der Waals surface area contributed by atoms with Crippen molar-refractivity contribution in [2.45, 2.75) is 5.60 Å². The van der Waals surface area contributed by atoms with Crippen LogP contribution in [0.3, 0.4) is 0 Å². The van der Waals surface area contributed by atoms with E-state index in [2.05, 4.69) is 84.3 Å². The van der Waals surface area contributed by atoms with Crippen LogP contribution in [0.15, 0.2) is 84.3 Å². The second kappa shape index (κ2) is 6.46.